The highest BCUT2D eigenvalue weighted by atomic mass is 32.2. The summed E-state index contributed by atoms with van der Waals surface area (Å²) in [6.07, 6.45) is 2.66. The van der Waals surface area contributed by atoms with Gasteiger partial charge in [-0.1, -0.05) is 24.3 Å². The fourth-order valence-corrected chi connectivity index (χ4v) is 4.10. The molecule has 162 valence electrons. The third kappa shape index (κ3) is 5.50. The highest BCUT2D eigenvalue weighted by Crippen LogP contribution is 2.27. The van der Waals surface area contributed by atoms with E-state index >= 15 is 0 Å². The lowest BCUT2D eigenvalue weighted by Crippen LogP contribution is -2.38. The van der Waals surface area contributed by atoms with E-state index in [4.69, 9.17) is 9.15 Å². The van der Waals surface area contributed by atoms with Crippen LogP contribution in [0.25, 0.3) is 0 Å². The Morgan fingerprint density at radius 2 is 1.94 bits per heavy atom. The summed E-state index contributed by atoms with van der Waals surface area (Å²) in [5, 5.41) is 13.8. The van der Waals surface area contributed by atoms with Gasteiger partial charge in [0.2, 0.25) is 10.0 Å². The predicted molar refractivity (Wildman–Crippen MR) is 113 cm³/mol. The number of aromatic hydroxyl groups is 1. The summed E-state index contributed by atoms with van der Waals surface area (Å²) < 4.78 is 37.3. The van der Waals surface area contributed by atoms with Crippen molar-refractivity contribution in [3.05, 3.63) is 78.3 Å². The largest absolute Gasteiger partial charge is 0.504 e. The third-order valence-electron chi connectivity index (χ3n) is 4.26. The number of benzene rings is 2. The molecule has 3 rings (SSSR count). The number of para-hydroxylation sites is 1. The van der Waals surface area contributed by atoms with E-state index in [2.05, 4.69) is 10.5 Å². The van der Waals surface area contributed by atoms with Crippen molar-refractivity contribution in [2.45, 2.75) is 11.4 Å². The quantitative estimate of drug-likeness (QED) is 0.387. The molecule has 9 nitrogen and oxygen atoms in total. The number of amides is 1. The van der Waals surface area contributed by atoms with Crippen LogP contribution < -0.4 is 10.2 Å². The number of carbonyl (C=O) groups is 1. The molecule has 2 N–H and O–H groups in total. The maximum Gasteiger partial charge on any atom is 0.255 e. The number of sulfonamides is 1. The number of ether oxygens (including phenoxy) is 1. The van der Waals surface area contributed by atoms with E-state index in [1.165, 1.54) is 31.7 Å². The number of phenolic OH excluding ortho intramolecular Hbond substituents is 1. The van der Waals surface area contributed by atoms with Crippen LogP contribution >= 0.6 is 0 Å². The zero-order valence-electron chi connectivity index (χ0n) is 16.6. The maximum absolute atomic E-state index is 13.0. The van der Waals surface area contributed by atoms with E-state index in [9.17, 15) is 18.3 Å². The highest BCUT2D eigenvalue weighted by molar-refractivity contribution is 7.89. The van der Waals surface area contributed by atoms with Crippen LogP contribution in [0, 0.1) is 0 Å². The van der Waals surface area contributed by atoms with Gasteiger partial charge in [0.15, 0.2) is 11.5 Å². The number of methoxy groups -OCH3 is 1. The second-order valence-corrected chi connectivity index (χ2v) is 8.29. The second-order valence-electron chi connectivity index (χ2n) is 6.36. The molecule has 1 aromatic heterocycles. The van der Waals surface area contributed by atoms with E-state index in [-0.39, 0.29) is 22.9 Å². The van der Waals surface area contributed by atoms with Gasteiger partial charge in [-0.25, -0.2) is 13.8 Å². The standard InChI is InChI=1S/C21H21N3O6S/c1-29-19-11-5-7-16(21(19)26)13-22-23-20(25)15-24(14-17-8-6-12-30-17)31(27,28)18-9-3-2-4-10-18/h2-13,26H,14-15H2,1H3,(H,23,25)/b22-13-. The summed E-state index contributed by atoms with van der Waals surface area (Å²) in [5.41, 5.74) is 2.59. The Morgan fingerprint density at radius 1 is 1.16 bits per heavy atom. The number of phenols is 1. The maximum atomic E-state index is 13.0. The number of hydrogen-bond donors (Lipinski definition) is 2. The molecule has 3 aromatic rings. The lowest BCUT2D eigenvalue weighted by Gasteiger charge is -2.20. The fourth-order valence-electron chi connectivity index (χ4n) is 2.72. The molecule has 10 heteroatoms. The summed E-state index contributed by atoms with van der Waals surface area (Å²) in [7, 11) is -2.55. The average molecular weight is 443 g/mol. The Morgan fingerprint density at radius 3 is 2.61 bits per heavy atom. The molecule has 0 bridgehead atoms. The minimum absolute atomic E-state index is 0.0548. The molecule has 0 spiro atoms. The van der Waals surface area contributed by atoms with Crippen molar-refractivity contribution in [3.63, 3.8) is 0 Å². The second kappa shape index (κ2) is 9.92. The Balaban J connectivity index is 1.74. The van der Waals surface area contributed by atoms with Crippen LogP contribution in [-0.4, -0.2) is 43.6 Å². The smallest absolute Gasteiger partial charge is 0.255 e. The van der Waals surface area contributed by atoms with Gasteiger partial charge in [-0.3, -0.25) is 4.79 Å². The Labute approximate surface area is 179 Å². The summed E-state index contributed by atoms with van der Waals surface area (Å²) in [6.45, 7) is -0.614. The first-order chi connectivity index (χ1) is 14.9. The van der Waals surface area contributed by atoms with Crippen molar-refractivity contribution in [2.75, 3.05) is 13.7 Å². The lowest BCUT2D eigenvalue weighted by atomic mass is 10.2. The van der Waals surface area contributed by atoms with E-state index in [0.29, 0.717) is 11.3 Å². The van der Waals surface area contributed by atoms with Crippen LogP contribution in [0.3, 0.4) is 0 Å². The molecule has 0 atom stereocenters. The number of carbonyl (C=O) groups excluding carboxylic acids is 1. The van der Waals surface area contributed by atoms with Gasteiger partial charge < -0.3 is 14.3 Å². The van der Waals surface area contributed by atoms with Crippen molar-refractivity contribution in [3.8, 4) is 11.5 Å². The topological polar surface area (TPSA) is 121 Å². The fraction of sp³-hybridized carbons (Fsp3) is 0.143. The average Bonchev–Trinajstić information content (AvgIpc) is 3.28. The first-order valence-electron chi connectivity index (χ1n) is 9.17. The summed E-state index contributed by atoms with van der Waals surface area (Å²) >= 11 is 0. The molecule has 0 radical (unpaired) electrons. The highest BCUT2D eigenvalue weighted by Gasteiger charge is 2.27. The van der Waals surface area contributed by atoms with E-state index in [1.54, 1.807) is 48.5 Å². The molecule has 0 aliphatic carbocycles. The Kier molecular flexibility index (Phi) is 7.06. The molecule has 1 heterocycles. The number of furan rings is 1. The number of rotatable bonds is 9. The summed E-state index contributed by atoms with van der Waals surface area (Å²) in [5.74, 6) is -0.148. The number of nitrogens with zero attached hydrogens (tertiary/aromatic N) is 2. The number of nitrogens with one attached hydrogen (secondary N) is 1. The van der Waals surface area contributed by atoms with Crippen molar-refractivity contribution in [1.29, 1.82) is 0 Å². The van der Waals surface area contributed by atoms with E-state index in [1.807, 2.05) is 0 Å². The molecule has 0 aliphatic rings. The van der Waals surface area contributed by atoms with Crippen molar-refractivity contribution >= 4 is 22.1 Å². The van der Waals surface area contributed by atoms with Gasteiger partial charge in [-0.05, 0) is 36.4 Å². The van der Waals surface area contributed by atoms with Gasteiger partial charge in [0, 0.05) is 5.56 Å². The van der Waals surface area contributed by atoms with Crippen LogP contribution in [0.2, 0.25) is 0 Å². The summed E-state index contributed by atoms with van der Waals surface area (Å²) in [4.78, 5) is 12.5. The Bertz CT molecular complexity index is 1150. The van der Waals surface area contributed by atoms with Crippen LogP contribution in [0.15, 0.2) is 81.3 Å². The molecule has 0 saturated heterocycles. The molecular weight excluding hydrogens is 422 g/mol. The Hall–Kier alpha value is -3.63. The molecule has 0 aliphatic heterocycles. The first kappa shape index (κ1) is 22.1. The van der Waals surface area contributed by atoms with Crippen LogP contribution in [0.5, 0.6) is 11.5 Å². The van der Waals surface area contributed by atoms with Gasteiger partial charge in [0.1, 0.15) is 5.76 Å². The molecule has 1 amide bonds. The first-order valence-corrected chi connectivity index (χ1v) is 10.6. The van der Waals surface area contributed by atoms with Crippen molar-refractivity contribution in [2.24, 2.45) is 5.10 Å². The van der Waals surface area contributed by atoms with E-state index < -0.39 is 22.5 Å². The van der Waals surface area contributed by atoms with Crippen LogP contribution in [0.4, 0.5) is 0 Å². The summed E-state index contributed by atoms with van der Waals surface area (Å²) in [6, 6.07) is 15.9. The lowest BCUT2D eigenvalue weighted by molar-refractivity contribution is -0.121. The minimum atomic E-state index is -3.96. The van der Waals surface area contributed by atoms with Gasteiger partial charge >= 0.3 is 0 Å². The van der Waals surface area contributed by atoms with Gasteiger partial charge in [-0.15, -0.1) is 0 Å². The van der Waals surface area contributed by atoms with Gasteiger partial charge in [0.25, 0.3) is 5.91 Å². The molecule has 0 saturated carbocycles. The predicted octanol–water partition coefficient (Wildman–Crippen LogP) is 2.34. The number of hydrazone groups is 1. The van der Waals surface area contributed by atoms with Gasteiger partial charge in [0.05, 0.1) is 37.6 Å². The van der Waals surface area contributed by atoms with E-state index in [0.717, 1.165) is 4.31 Å². The monoisotopic (exact) mass is 443 g/mol. The van der Waals surface area contributed by atoms with Crippen molar-refractivity contribution in [1.82, 2.24) is 9.73 Å². The molecule has 0 unspecified atom stereocenters. The van der Waals surface area contributed by atoms with Crippen molar-refractivity contribution < 1.29 is 27.5 Å². The van der Waals surface area contributed by atoms with Gasteiger partial charge in [-0.2, -0.15) is 9.41 Å². The molecule has 2 aromatic carbocycles. The SMILES string of the molecule is COc1cccc(/C=N\NC(=O)CN(Cc2ccco2)S(=O)(=O)c2ccccc2)c1O. The normalized spacial score (nSPS) is 11.7. The molecule has 0 fully saturated rings. The third-order valence-corrected chi connectivity index (χ3v) is 6.06. The van der Waals surface area contributed by atoms with Crippen LogP contribution in [-0.2, 0) is 21.4 Å². The zero-order chi connectivity index (χ0) is 22.3. The molecular formula is C21H21N3O6S. The minimum Gasteiger partial charge on any atom is -0.504 e. The van der Waals surface area contributed by atoms with Crippen LogP contribution in [0.1, 0.15) is 11.3 Å². The number of hydrogen-bond acceptors (Lipinski definition) is 7. The molecule has 31 heavy (non-hydrogen) atoms. The zero-order valence-corrected chi connectivity index (χ0v) is 17.5.